The van der Waals surface area contributed by atoms with Crippen LogP contribution in [0.1, 0.15) is 5.69 Å². The van der Waals surface area contributed by atoms with Crippen molar-refractivity contribution in [2.24, 2.45) is 0 Å². The first-order valence-electron chi connectivity index (χ1n) is 6.41. The average molecular weight is 274 g/mol. The van der Waals surface area contributed by atoms with Gasteiger partial charge in [-0.2, -0.15) is 0 Å². The van der Waals surface area contributed by atoms with Crippen LogP contribution in [0, 0.1) is 0 Å². The summed E-state index contributed by atoms with van der Waals surface area (Å²) in [5.74, 6) is 0.139. The van der Waals surface area contributed by atoms with Gasteiger partial charge in [-0.1, -0.05) is 30.3 Å². The second-order valence-corrected chi connectivity index (χ2v) is 5.57. The number of hydrogen-bond acceptors (Lipinski definition) is 3. The van der Waals surface area contributed by atoms with E-state index in [0.29, 0.717) is 6.54 Å². The molecule has 1 aliphatic rings. The number of benzene rings is 1. The number of aromatic nitrogens is 1. The predicted molar refractivity (Wildman–Crippen MR) is 75.0 cm³/mol. The first-order valence-corrected chi connectivity index (χ1v) is 7.29. The van der Waals surface area contributed by atoms with Crippen LogP contribution in [-0.2, 0) is 11.3 Å². The summed E-state index contributed by atoms with van der Waals surface area (Å²) in [6.07, 6.45) is 0. The van der Waals surface area contributed by atoms with Crippen molar-refractivity contribution in [1.29, 1.82) is 0 Å². The minimum atomic E-state index is 0.139. The highest BCUT2D eigenvalue weighted by atomic mass is 32.1. The fourth-order valence-electron chi connectivity index (χ4n) is 2.27. The van der Waals surface area contributed by atoms with Gasteiger partial charge in [-0.15, -0.1) is 11.3 Å². The maximum absolute atomic E-state index is 11.3. The third-order valence-corrected chi connectivity index (χ3v) is 4.16. The van der Waals surface area contributed by atoms with Crippen LogP contribution in [0.25, 0.3) is 10.6 Å². The molecular weight excluding hydrogens is 258 g/mol. The zero-order chi connectivity index (χ0) is 13.1. The smallest absolute Gasteiger partial charge is 0.275 e. The van der Waals surface area contributed by atoms with Crippen molar-refractivity contribution in [3.8, 4) is 10.6 Å². The van der Waals surface area contributed by atoms with Gasteiger partial charge in [0.05, 0.1) is 13.1 Å². The normalized spacial score (nSPS) is 19.2. The van der Waals surface area contributed by atoms with E-state index >= 15 is 0 Å². The summed E-state index contributed by atoms with van der Waals surface area (Å²) in [6.45, 7) is 3.13. The molecule has 1 atom stereocenters. The minimum Gasteiger partial charge on any atom is -0.346 e. The lowest BCUT2D eigenvalue weighted by molar-refractivity contribution is -0.907. The number of piperazine rings is 1. The molecule has 1 amide bonds. The lowest BCUT2D eigenvalue weighted by Gasteiger charge is -2.22. The number of hydrogen-bond donors (Lipinski definition) is 2. The summed E-state index contributed by atoms with van der Waals surface area (Å²) >= 11 is 1.67. The standard InChI is InChI=1S/C14H15N3OS/c18-13-9-17(7-6-15-13)8-12-10-19-14(16-12)11-4-2-1-3-5-11/h1-5,10H,6-9H2,(H,15,18)/p+1. The highest BCUT2D eigenvalue weighted by Gasteiger charge is 2.20. The highest BCUT2D eigenvalue weighted by Crippen LogP contribution is 2.22. The Morgan fingerprint density at radius 2 is 2.16 bits per heavy atom. The quantitative estimate of drug-likeness (QED) is 0.847. The van der Waals surface area contributed by atoms with E-state index in [1.807, 2.05) is 18.2 Å². The molecule has 0 spiro atoms. The van der Waals surface area contributed by atoms with Crippen molar-refractivity contribution in [3.63, 3.8) is 0 Å². The molecule has 98 valence electrons. The third-order valence-electron chi connectivity index (χ3n) is 3.21. The van der Waals surface area contributed by atoms with Gasteiger partial charge < -0.3 is 10.2 Å². The Morgan fingerprint density at radius 1 is 1.32 bits per heavy atom. The van der Waals surface area contributed by atoms with E-state index in [2.05, 4.69) is 27.8 Å². The van der Waals surface area contributed by atoms with Crippen molar-refractivity contribution in [2.45, 2.75) is 6.54 Å². The molecule has 2 heterocycles. The number of thiazole rings is 1. The molecule has 4 nitrogen and oxygen atoms in total. The fraction of sp³-hybridized carbons (Fsp3) is 0.286. The molecule has 1 saturated heterocycles. The van der Waals surface area contributed by atoms with Gasteiger partial charge in [0.15, 0.2) is 6.54 Å². The minimum absolute atomic E-state index is 0.139. The van der Waals surface area contributed by atoms with Crippen LogP contribution in [0.15, 0.2) is 35.7 Å². The topological polar surface area (TPSA) is 46.4 Å². The highest BCUT2D eigenvalue weighted by molar-refractivity contribution is 7.13. The summed E-state index contributed by atoms with van der Waals surface area (Å²) in [6, 6.07) is 10.2. The zero-order valence-corrected chi connectivity index (χ0v) is 11.4. The number of nitrogens with zero attached hydrogens (tertiary/aromatic N) is 1. The van der Waals surface area contributed by atoms with Crippen LogP contribution in [0.2, 0.25) is 0 Å². The molecule has 1 aliphatic heterocycles. The van der Waals surface area contributed by atoms with Gasteiger partial charge in [-0.3, -0.25) is 4.79 Å². The number of nitrogens with one attached hydrogen (secondary N) is 2. The molecule has 1 aromatic heterocycles. The molecule has 0 aliphatic carbocycles. The average Bonchev–Trinajstić information content (AvgIpc) is 2.88. The van der Waals surface area contributed by atoms with Crippen molar-refractivity contribution >= 4 is 17.2 Å². The Morgan fingerprint density at radius 3 is 2.95 bits per heavy atom. The molecule has 19 heavy (non-hydrogen) atoms. The summed E-state index contributed by atoms with van der Waals surface area (Å²) in [4.78, 5) is 17.3. The maximum atomic E-state index is 11.3. The lowest BCUT2D eigenvalue weighted by atomic mass is 10.2. The summed E-state index contributed by atoms with van der Waals surface area (Å²) in [7, 11) is 0. The monoisotopic (exact) mass is 274 g/mol. The van der Waals surface area contributed by atoms with Gasteiger partial charge in [0, 0.05) is 10.9 Å². The second kappa shape index (κ2) is 5.50. The molecule has 1 unspecified atom stereocenters. The zero-order valence-electron chi connectivity index (χ0n) is 10.6. The van der Waals surface area contributed by atoms with Gasteiger partial charge in [-0.05, 0) is 0 Å². The second-order valence-electron chi connectivity index (χ2n) is 4.71. The van der Waals surface area contributed by atoms with E-state index in [1.165, 1.54) is 4.90 Å². The Hall–Kier alpha value is -1.72. The van der Waals surface area contributed by atoms with Gasteiger partial charge in [0.2, 0.25) is 0 Å². The molecule has 0 saturated carbocycles. The van der Waals surface area contributed by atoms with Crippen LogP contribution in [0.3, 0.4) is 0 Å². The van der Waals surface area contributed by atoms with Crippen LogP contribution in [0.4, 0.5) is 0 Å². The van der Waals surface area contributed by atoms with Crippen molar-refractivity contribution < 1.29 is 9.69 Å². The Balaban J connectivity index is 1.70. The van der Waals surface area contributed by atoms with E-state index in [-0.39, 0.29) is 5.91 Å². The van der Waals surface area contributed by atoms with E-state index < -0.39 is 0 Å². The lowest BCUT2D eigenvalue weighted by Crippen LogP contribution is -3.14. The SMILES string of the molecule is O=C1C[NH+](Cc2csc(-c3ccccc3)n2)CCN1. The van der Waals surface area contributed by atoms with Crippen molar-refractivity contribution in [1.82, 2.24) is 10.3 Å². The number of carbonyl (C=O) groups excluding carboxylic acids is 1. The number of carbonyl (C=O) groups is 1. The number of quaternary nitrogens is 1. The molecule has 1 aromatic carbocycles. The van der Waals surface area contributed by atoms with Gasteiger partial charge >= 0.3 is 0 Å². The molecule has 2 N–H and O–H groups in total. The van der Waals surface area contributed by atoms with Crippen molar-refractivity contribution in [2.75, 3.05) is 19.6 Å². The molecule has 5 heteroatoms. The third kappa shape index (κ3) is 3.00. The van der Waals surface area contributed by atoms with Crippen LogP contribution in [0.5, 0.6) is 0 Å². The molecule has 0 radical (unpaired) electrons. The molecule has 3 rings (SSSR count). The molecule has 0 bridgehead atoms. The largest absolute Gasteiger partial charge is 0.346 e. The van der Waals surface area contributed by atoms with E-state index in [1.54, 1.807) is 11.3 Å². The number of rotatable bonds is 3. The van der Waals surface area contributed by atoms with E-state index in [9.17, 15) is 4.79 Å². The Kier molecular flexibility index (Phi) is 3.57. The first-order chi connectivity index (χ1) is 9.31. The van der Waals surface area contributed by atoms with Crippen LogP contribution >= 0.6 is 11.3 Å². The molecule has 1 fully saturated rings. The van der Waals surface area contributed by atoms with Gasteiger partial charge in [-0.25, -0.2) is 4.98 Å². The van der Waals surface area contributed by atoms with Crippen LogP contribution < -0.4 is 10.2 Å². The molecular formula is C14H16N3OS+. The summed E-state index contributed by atoms with van der Waals surface area (Å²) in [5, 5.41) is 6.00. The van der Waals surface area contributed by atoms with E-state index in [4.69, 9.17) is 0 Å². The fourth-order valence-corrected chi connectivity index (χ4v) is 3.09. The summed E-state index contributed by atoms with van der Waals surface area (Å²) < 4.78 is 0. The Labute approximate surface area is 116 Å². The summed E-state index contributed by atoms with van der Waals surface area (Å²) in [5.41, 5.74) is 2.23. The number of amides is 1. The van der Waals surface area contributed by atoms with E-state index in [0.717, 1.165) is 35.9 Å². The predicted octanol–water partition coefficient (Wildman–Crippen LogP) is 0.325. The van der Waals surface area contributed by atoms with Crippen molar-refractivity contribution in [3.05, 3.63) is 41.4 Å². The van der Waals surface area contributed by atoms with Gasteiger partial charge in [0.25, 0.3) is 5.91 Å². The first kappa shape index (κ1) is 12.3. The van der Waals surface area contributed by atoms with Crippen LogP contribution in [-0.4, -0.2) is 30.5 Å². The Bertz CT molecular complexity index is 567. The van der Waals surface area contributed by atoms with Gasteiger partial charge in [0.1, 0.15) is 17.2 Å². The molecule has 2 aromatic rings. The maximum Gasteiger partial charge on any atom is 0.275 e.